The molecule has 1 aliphatic carbocycles. The molecule has 0 radical (unpaired) electrons. The molecule has 0 spiro atoms. The summed E-state index contributed by atoms with van der Waals surface area (Å²) in [4.78, 5) is 33.6. The number of pyridine rings is 1. The summed E-state index contributed by atoms with van der Waals surface area (Å²) in [6.07, 6.45) is 3.83. The van der Waals surface area contributed by atoms with Gasteiger partial charge in [-0.3, -0.25) is 14.6 Å². The lowest BCUT2D eigenvalue weighted by Gasteiger charge is -2.36. The molecule has 2 heterocycles. The fraction of sp³-hybridized carbons (Fsp3) is 0.381. The Hall–Kier alpha value is -2.21. The fourth-order valence-electron chi connectivity index (χ4n) is 3.77. The number of carbonyl (C=O) groups is 2. The molecule has 0 N–H and O–H groups in total. The highest BCUT2D eigenvalue weighted by molar-refractivity contribution is 9.10. The lowest BCUT2D eigenvalue weighted by atomic mass is 9.94. The highest BCUT2D eigenvalue weighted by atomic mass is 79.9. The molecule has 2 aliphatic rings. The van der Waals surface area contributed by atoms with E-state index in [2.05, 4.69) is 27.0 Å². The Labute approximate surface area is 167 Å². The van der Waals surface area contributed by atoms with Crippen molar-refractivity contribution in [1.29, 1.82) is 0 Å². The SMILES string of the molecule is O=C(Cc1ccccn1)N1CCN(C(=O)C2(c3cccc(Br)c3)CC2)CC1. The Morgan fingerprint density at radius 1 is 1.00 bits per heavy atom. The Morgan fingerprint density at radius 3 is 2.37 bits per heavy atom. The maximum atomic E-state index is 13.2. The average Bonchev–Trinajstić information content (AvgIpc) is 3.50. The van der Waals surface area contributed by atoms with Crippen molar-refractivity contribution >= 4 is 27.7 Å². The van der Waals surface area contributed by atoms with Crippen LogP contribution in [0.4, 0.5) is 0 Å². The first kappa shape index (κ1) is 18.2. The van der Waals surface area contributed by atoms with Crippen molar-refractivity contribution in [1.82, 2.24) is 14.8 Å². The van der Waals surface area contributed by atoms with E-state index < -0.39 is 0 Å². The standard InChI is InChI=1S/C21H22BrN3O2/c22-17-5-3-4-16(14-17)21(7-8-21)20(27)25-12-10-24(11-13-25)19(26)15-18-6-1-2-9-23-18/h1-6,9,14H,7-8,10-13,15H2. The van der Waals surface area contributed by atoms with Gasteiger partial charge in [-0.05, 0) is 42.7 Å². The zero-order chi connectivity index (χ0) is 18.9. The van der Waals surface area contributed by atoms with Crippen molar-refractivity contribution in [3.63, 3.8) is 0 Å². The molecular formula is C21H22BrN3O2. The van der Waals surface area contributed by atoms with Crippen molar-refractivity contribution in [2.24, 2.45) is 0 Å². The molecule has 1 aliphatic heterocycles. The zero-order valence-electron chi connectivity index (χ0n) is 15.1. The van der Waals surface area contributed by atoms with Crippen molar-refractivity contribution < 1.29 is 9.59 Å². The van der Waals surface area contributed by atoms with Crippen LogP contribution in [0.15, 0.2) is 53.1 Å². The molecule has 1 aromatic carbocycles. The molecule has 0 unspecified atom stereocenters. The third kappa shape index (κ3) is 3.76. The smallest absolute Gasteiger partial charge is 0.233 e. The monoisotopic (exact) mass is 427 g/mol. The topological polar surface area (TPSA) is 53.5 Å². The van der Waals surface area contributed by atoms with Gasteiger partial charge in [-0.25, -0.2) is 0 Å². The van der Waals surface area contributed by atoms with Crippen molar-refractivity contribution in [2.45, 2.75) is 24.7 Å². The van der Waals surface area contributed by atoms with E-state index in [9.17, 15) is 9.59 Å². The van der Waals surface area contributed by atoms with Crippen LogP contribution in [0, 0.1) is 0 Å². The predicted octanol–water partition coefficient (Wildman–Crippen LogP) is 2.79. The van der Waals surface area contributed by atoms with Crippen LogP contribution in [0.3, 0.4) is 0 Å². The van der Waals surface area contributed by atoms with Crippen LogP contribution in [-0.4, -0.2) is 52.8 Å². The van der Waals surface area contributed by atoms with Gasteiger partial charge in [0, 0.05) is 42.5 Å². The van der Waals surface area contributed by atoms with Crippen molar-refractivity contribution in [3.8, 4) is 0 Å². The third-order valence-corrected chi connectivity index (χ3v) is 6.01. The van der Waals surface area contributed by atoms with Crippen LogP contribution in [0.25, 0.3) is 0 Å². The molecule has 2 aromatic rings. The van der Waals surface area contributed by atoms with E-state index in [4.69, 9.17) is 0 Å². The number of rotatable bonds is 4. The summed E-state index contributed by atoms with van der Waals surface area (Å²) in [5.74, 6) is 0.284. The number of nitrogens with zero attached hydrogens (tertiary/aromatic N) is 3. The van der Waals surface area contributed by atoms with Crippen molar-refractivity contribution in [3.05, 3.63) is 64.4 Å². The highest BCUT2D eigenvalue weighted by Crippen LogP contribution is 2.50. The first-order valence-electron chi connectivity index (χ1n) is 9.32. The Morgan fingerprint density at radius 2 is 1.74 bits per heavy atom. The molecule has 1 aromatic heterocycles. The van der Waals surface area contributed by atoms with E-state index in [1.54, 1.807) is 6.20 Å². The highest BCUT2D eigenvalue weighted by Gasteiger charge is 2.53. The summed E-state index contributed by atoms with van der Waals surface area (Å²) in [7, 11) is 0. The van der Waals surface area contributed by atoms with Crippen LogP contribution in [-0.2, 0) is 21.4 Å². The van der Waals surface area contributed by atoms with Gasteiger partial charge in [-0.1, -0.05) is 34.1 Å². The molecule has 1 saturated carbocycles. The second-order valence-corrected chi connectivity index (χ2v) is 8.18. The van der Waals surface area contributed by atoms with E-state index in [0.29, 0.717) is 32.6 Å². The second kappa shape index (κ2) is 7.43. The number of hydrogen-bond acceptors (Lipinski definition) is 3. The normalized spacial score (nSPS) is 18.3. The average molecular weight is 428 g/mol. The molecule has 5 nitrogen and oxygen atoms in total. The van der Waals surface area contributed by atoms with Crippen LogP contribution in [0.1, 0.15) is 24.1 Å². The summed E-state index contributed by atoms with van der Waals surface area (Å²) in [6, 6.07) is 13.7. The number of piperazine rings is 1. The minimum absolute atomic E-state index is 0.0777. The minimum Gasteiger partial charge on any atom is -0.339 e. The van der Waals surface area contributed by atoms with Gasteiger partial charge in [0.25, 0.3) is 0 Å². The largest absolute Gasteiger partial charge is 0.339 e. The Bertz CT molecular complexity index is 844. The van der Waals surface area contributed by atoms with E-state index in [1.165, 1.54) is 0 Å². The molecule has 1 saturated heterocycles. The number of carbonyl (C=O) groups excluding carboxylic acids is 2. The number of hydrogen-bond donors (Lipinski definition) is 0. The predicted molar refractivity (Wildman–Crippen MR) is 106 cm³/mol. The number of aromatic nitrogens is 1. The first-order valence-corrected chi connectivity index (χ1v) is 10.1. The Balaban J connectivity index is 1.36. The van der Waals surface area contributed by atoms with Crippen LogP contribution < -0.4 is 0 Å². The lowest BCUT2D eigenvalue weighted by Crippen LogP contribution is -2.53. The zero-order valence-corrected chi connectivity index (χ0v) is 16.7. The minimum atomic E-state index is -0.357. The maximum Gasteiger partial charge on any atom is 0.233 e. The van der Waals surface area contributed by atoms with Crippen LogP contribution in [0.2, 0.25) is 0 Å². The molecule has 2 fully saturated rings. The van der Waals surface area contributed by atoms with Gasteiger partial charge in [0.2, 0.25) is 11.8 Å². The first-order chi connectivity index (χ1) is 13.1. The molecular weight excluding hydrogens is 406 g/mol. The molecule has 140 valence electrons. The van der Waals surface area contributed by atoms with Gasteiger partial charge in [0.15, 0.2) is 0 Å². The van der Waals surface area contributed by atoms with Gasteiger partial charge in [0.1, 0.15) is 0 Å². The van der Waals surface area contributed by atoms with Gasteiger partial charge in [-0.2, -0.15) is 0 Å². The number of benzene rings is 1. The van der Waals surface area contributed by atoms with E-state index >= 15 is 0 Å². The van der Waals surface area contributed by atoms with Gasteiger partial charge >= 0.3 is 0 Å². The van der Waals surface area contributed by atoms with E-state index in [1.807, 2.05) is 46.2 Å². The molecule has 0 bridgehead atoms. The van der Waals surface area contributed by atoms with Crippen molar-refractivity contribution in [2.75, 3.05) is 26.2 Å². The summed E-state index contributed by atoms with van der Waals surface area (Å²) >= 11 is 3.50. The number of amides is 2. The molecule has 6 heteroatoms. The summed E-state index contributed by atoms with van der Waals surface area (Å²) in [5, 5.41) is 0. The van der Waals surface area contributed by atoms with Gasteiger partial charge < -0.3 is 9.80 Å². The third-order valence-electron chi connectivity index (χ3n) is 5.51. The molecule has 2 amide bonds. The molecule has 4 rings (SSSR count). The maximum absolute atomic E-state index is 13.2. The van der Waals surface area contributed by atoms with E-state index in [0.717, 1.165) is 28.6 Å². The molecule has 27 heavy (non-hydrogen) atoms. The van der Waals surface area contributed by atoms with Crippen LogP contribution in [0.5, 0.6) is 0 Å². The number of halogens is 1. The van der Waals surface area contributed by atoms with Crippen LogP contribution >= 0.6 is 15.9 Å². The summed E-state index contributed by atoms with van der Waals surface area (Å²) in [6.45, 7) is 2.38. The Kier molecular flexibility index (Phi) is 5.00. The fourth-order valence-corrected chi connectivity index (χ4v) is 4.17. The lowest BCUT2D eigenvalue weighted by molar-refractivity contribution is -0.140. The van der Waals surface area contributed by atoms with E-state index in [-0.39, 0.29) is 17.2 Å². The second-order valence-electron chi connectivity index (χ2n) is 7.26. The molecule has 0 atom stereocenters. The van der Waals surface area contributed by atoms with Gasteiger partial charge in [0.05, 0.1) is 11.8 Å². The van der Waals surface area contributed by atoms with Gasteiger partial charge in [-0.15, -0.1) is 0 Å². The summed E-state index contributed by atoms with van der Waals surface area (Å²) in [5.41, 5.74) is 1.52. The summed E-state index contributed by atoms with van der Waals surface area (Å²) < 4.78 is 1.00. The quantitative estimate of drug-likeness (QED) is 0.753.